The number of carbonyl (C=O) groups is 2. The number of amides is 2. The molecule has 0 atom stereocenters. The fourth-order valence-electron chi connectivity index (χ4n) is 2.93. The zero-order valence-corrected chi connectivity index (χ0v) is 15.2. The Kier molecular flexibility index (Phi) is 5.13. The zero-order chi connectivity index (χ0) is 18.7. The van der Waals surface area contributed by atoms with Gasteiger partial charge in [0, 0.05) is 31.0 Å². The van der Waals surface area contributed by atoms with Crippen molar-refractivity contribution in [3.05, 3.63) is 48.4 Å². The fourth-order valence-corrected chi connectivity index (χ4v) is 3.56. The van der Waals surface area contributed by atoms with Crippen LogP contribution in [0.1, 0.15) is 23.4 Å². The minimum atomic E-state index is -3.26. The summed E-state index contributed by atoms with van der Waals surface area (Å²) in [6, 6.07) is 9.38. The van der Waals surface area contributed by atoms with E-state index in [0.717, 1.165) is 6.26 Å². The molecule has 1 saturated heterocycles. The van der Waals surface area contributed by atoms with Crippen LogP contribution in [-0.4, -0.2) is 44.5 Å². The Morgan fingerprint density at radius 2 is 1.77 bits per heavy atom. The van der Waals surface area contributed by atoms with Gasteiger partial charge in [-0.25, -0.2) is 8.42 Å². The quantitative estimate of drug-likeness (QED) is 0.882. The van der Waals surface area contributed by atoms with Crippen LogP contribution in [0, 0.1) is 5.92 Å². The van der Waals surface area contributed by atoms with Crippen LogP contribution in [0.15, 0.2) is 52.0 Å². The molecule has 2 amide bonds. The molecule has 1 aliphatic heterocycles. The standard InChI is InChI=1S/C18H20N2O5S/c1-26(23,24)15-6-4-14(5-7-15)19-17(21)13-8-10-20(11-9-13)18(22)16-3-2-12-25-16/h2-7,12-13H,8-11H2,1H3,(H,19,21). The maximum absolute atomic E-state index is 12.4. The summed E-state index contributed by atoms with van der Waals surface area (Å²) >= 11 is 0. The predicted molar refractivity (Wildman–Crippen MR) is 95.5 cm³/mol. The third-order valence-corrected chi connectivity index (χ3v) is 5.56. The van der Waals surface area contributed by atoms with Crippen LogP contribution in [0.3, 0.4) is 0 Å². The number of hydrogen-bond donors (Lipinski definition) is 1. The van der Waals surface area contributed by atoms with Gasteiger partial charge in [0.15, 0.2) is 15.6 Å². The van der Waals surface area contributed by atoms with Crippen LogP contribution in [0.4, 0.5) is 5.69 Å². The molecule has 3 rings (SSSR count). The Hall–Kier alpha value is -2.61. The van der Waals surface area contributed by atoms with Crippen LogP contribution in [0.25, 0.3) is 0 Å². The molecule has 1 aromatic heterocycles. The highest BCUT2D eigenvalue weighted by Crippen LogP contribution is 2.22. The van der Waals surface area contributed by atoms with E-state index in [2.05, 4.69) is 5.32 Å². The van der Waals surface area contributed by atoms with Crippen molar-refractivity contribution in [1.82, 2.24) is 4.90 Å². The smallest absolute Gasteiger partial charge is 0.289 e. The molecule has 0 saturated carbocycles. The van der Waals surface area contributed by atoms with Crippen LogP contribution in [0.2, 0.25) is 0 Å². The molecule has 26 heavy (non-hydrogen) atoms. The normalized spacial score (nSPS) is 15.7. The number of rotatable bonds is 4. The minimum Gasteiger partial charge on any atom is -0.459 e. The van der Waals surface area contributed by atoms with Crippen molar-refractivity contribution in [2.45, 2.75) is 17.7 Å². The first-order valence-electron chi connectivity index (χ1n) is 8.28. The molecule has 0 bridgehead atoms. The summed E-state index contributed by atoms with van der Waals surface area (Å²) < 4.78 is 28.0. The Morgan fingerprint density at radius 1 is 1.12 bits per heavy atom. The zero-order valence-electron chi connectivity index (χ0n) is 14.3. The van der Waals surface area contributed by atoms with Crippen LogP contribution in [0.5, 0.6) is 0 Å². The van der Waals surface area contributed by atoms with Gasteiger partial charge in [-0.3, -0.25) is 9.59 Å². The predicted octanol–water partition coefficient (Wildman–Crippen LogP) is 2.17. The molecule has 8 heteroatoms. The van der Waals surface area contributed by atoms with Gasteiger partial charge >= 0.3 is 0 Å². The molecule has 1 fully saturated rings. The number of carbonyl (C=O) groups excluding carboxylic acids is 2. The summed E-state index contributed by atoms with van der Waals surface area (Å²) in [5.74, 6) is -0.170. The SMILES string of the molecule is CS(=O)(=O)c1ccc(NC(=O)C2CCN(C(=O)c3ccco3)CC2)cc1. The number of anilines is 1. The number of hydrogen-bond acceptors (Lipinski definition) is 5. The van der Waals surface area contributed by atoms with Gasteiger partial charge in [-0.15, -0.1) is 0 Å². The summed E-state index contributed by atoms with van der Waals surface area (Å²) in [4.78, 5) is 26.5. The Bertz CT molecular complexity index is 880. The van der Waals surface area contributed by atoms with E-state index in [1.54, 1.807) is 29.2 Å². The van der Waals surface area contributed by atoms with Crippen molar-refractivity contribution in [3.8, 4) is 0 Å². The molecule has 138 valence electrons. The summed E-state index contributed by atoms with van der Waals surface area (Å²) in [5.41, 5.74) is 0.552. The van der Waals surface area contributed by atoms with Crippen molar-refractivity contribution in [2.75, 3.05) is 24.7 Å². The van der Waals surface area contributed by atoms with Crippen LogP contribution in [-0.2, 0) is 14.6 Å². The van der Waals surface area contributed by atoms with E-state index in [-0.39, 0.29) is 22.6 Å². The van der Waals surface area contributed by atoms with Crippen molar-refractivity contribution in [3.63, 3.8) is 0 Å². The minimum absolute atomic E-state index is 0.123. The van der Waals surface area contributed by atoms with E-state index in [1.807, 2.05) is 0 Å². The molecule has 2 aromatic rings. The molecular formula is C18H20N2O5S. The summed E-state index contributed by atoms with van der Waals surface area (Å²) in [6.45, 7) is 0.981. The number of nitrogens with zero attached hydrogens (tertiary/aromatic N) is 1. The Labute approximate surface area is 151 Å². The number of nitrogens with one attached hydrogen (secondary N) is 1. The highest BCUT2D eigenvalue weighted by Gasteiger charge is 2.28. The molecular weight excluding hydrogens is 356 g/mol. The number of likely N-dealkylation sites (tertiary alicyclic amines) is 1. The average Bonchev–Trinajstić information content (AvgIpc) is 3.15. The van der Waals surface area contributed by atoms with E-state index < -0.39 is 9.84 Å². The Balaban J connectivity index is 1.54. The second-order valence-corrected chi connectivity index (χ2v) is 8.35. The van der Waals surface area contributed by atoms with Gasteiger partial charge in [-0.05, 0) is 49.2 Å². The number of furan rings is 1. The van der Waals surface area contributed by atoms with Gasteiger partial charge in [0.05, 0.1) is 11.2 Å². The lowest BCUT2D eigenvalue weighted by Crippen LogP contribution is -2.41. The van der Waals surface area contributed by atoms with Crippen molar-refractivity contribution < 1.29 is 22.4 Å². The van der Waals surface area contributed by atoms with E-state index >= 15 is 0 Å². The number of benzene rings is 1. The van der Waals surface area contributed by atoms with E-state index in [0.29, 0.717) is 37.4 Å². The molecule has 0 unspecified atom stereocenters. The summed E-state index contributed by atoms with van der Waals surface area (Å²) in [7, 11) is -3.26. The first-order chi connectivity index (χ1) is 12.3. The van der Waals surface area contributed by atoms with Gasteiger partial charge in [-0.2, -0.15) is 0 Å². The Morgan fingerprint density at radius 3 is 2.31 bits per heavy atom. The molecule has 2 heterocycles. The molecule has 0 radical (unpaired) electrons. The molecule has 1 aromatic carbocycles. The van der Waals surface area contributed by atoms with Gasteiger partial charge in [-0.1, -0.05) is 0 Å². The molecule has 1 aliphatic rings. The van der Waals surface area contributed by atoms with Crippen molar-refractivity contribution in [1.29, 1.82) is 0 Å². The monoisotopic (exact) mass is 376 g/mol. The number of piperidine rings is 1. The molecule has 0 spiro atoms. The molecule has 7 nitrogen and oxygen atoms in total. The maximum atomic E-state index is 12.4. The molecule has 1 N–H and O–H groups in total. The van der Waals surface area contributed by atoms with Crippen LogP contribution < -0.4 is 5.32 Å². The average molecular weight is 376 g/mol. The highest BCUT2D eigenvalue weighted by atomic mass is 32.2. The lowest BCUT2D eigenvalue weighted by Gasteiger charge is -2.30. The van der Waals surface area contributed by atoms with Gasteiger partial charge in [0.2, 0.25) is 5.91 Å². The lowest BCUT2D eigenvalue weighted by atomic mass is 9.95. The van der Waals surface area contributed by atoms with Gasteiger partial charge < -0.3 is 14.6 Å². The van der Waals surface area contributed by atoms with Gasteiger partial charge in [0.25, 0.3) is 5.91 Å². The summed E-state index contributed by atoms with van der Waals surface area (Å²) in [5, 5.41) is 2.81. The fraction of sp³-hybridized carbons (Fsp3) is 0.333. The van der Waals surface area contributed by atoms with Crippen molar-refractivity contribution in [2.24, 2.45) is 5.92 Å². The third-order valence-electron chi connectivity index (χ3n) is 4.43. The molecule has 0 aliphatic carbocycles. The highest BCUT2D eigenvalue weighted by molar-refractivity contribution is 7.90. The lowest BCUT2D eigenvalue weighted by molar-refractivity contribution is -0.121. The van der Waals surface area contributed by atoms with Gasteiger partial charge in [0.1, 0.15) is 0 Å². The first-order valence-corrected chi connectivity index (χ1v) is 10.2. The third kappa shape index (κ3) is 4.13. The topological polar surface area (TPSA) is 96.7 Å². The van der Waals surface area contributed by atoms with Crippen molar-refractivity contribution >= 4 is 27.3 Å². The first kappa shape index (κ1) is 18.2. The summed E-state index contributed by atoms with van der Waals surface area (Å²) in [6.07, 6.45) is 3.74. The van der Waals surface area contributed by atoms with E-state index in [4.69, 9.17) is 4.42 Å². The maximum Gasteiger partial charge on any atom is 0.289 e. The van der Waals surface area contributed by atoms with Crippen LogP contribution >= 0.6 is 0 Å². The number of sulfone groups is 1. The largest absolute Gasteiger partial charge is 0.459 e. The van der Waals surface area contributed by atoms with E-state index in [9.17, 15) is 18.0 Å². The second-order valence-electron chi connectivity index (χ2n) is 6.33. The van der Waals surface area contributed by atoms with E-state index in [1.165, 1.54) is 18.4 Å². The second kappa shape index (κ2) is 7.33.